The minimum absolute atomic E-state index is 0.00874. The number of rotatable bonds is 6. The highest BCUT2D eigenvalue weighted by molar-refractivity contribution is 5.87. The number of para-hydroxylation sites is 1. The highest BCUT2D eigenvalue weighted by atomic mass is 16.5. The number of aliphatic carboxylic acids is 1. The van der Waals surface area contributed by atoms with E-state index in [2.05, 4.69) is 0 Å². The number of likely N-dealkylation sites (N-methyl/N-ethyl adjacent to an activating group) is 1. The van der Waals surface area contributed by atoms with Crippen molar-refractivity contribution in [3.63, 3.8) is 0 Å². The summed E-state index contributed by atoms with van der Waals surface area (Å²) in [5.41, 5.74) is -0.491. The maximum Gasteiger partial charge on any atom is 0.329 e. The molecular formula is C16H23NO4. The third-order valence-corrected chi connectivity index (χ3v) is 3.41. The Bertz CT molecular complexity index is 523. The van der Waals surface area contributed by atoms with E-state index in [9.17, 15) is 14.7 Å². The van der Waals surface area contributed by atoms with Gasteiger partial charge in [0, 0.05) is 12.6 Å². The molecule has 116 valence electrons. The van der Waals surface area contributed by atoms with Crippen LogP contribution in [0.1, 0.15) is 33.3 Å². The van der Waals surface area contributed by atoms with Crippen LogP contribution in [-0.2, 0) is 16.0 Å². The summed E-state index contributed by atoms with van der Waals surface area (Å²) in [7, 11) is 1.50. The zero-order chi connectivity index (χ0) is 16.2. The van der Waals surface area contributed by atoms with Crippen LogP contribution in [0.4, 0.5) is 0 Å². The molecule has 1 aromatic carbocycles. The molecule has 0 heterocycles. The van der Waals surface area contributed by atoms with E-state index in [0.29, 0.717) is 5.75 Å². The topological polar surface area (TPSA) is 66.8 Å². The number of carboxylic acid groups (broad SMARTS) is 1. The second kappa shape index (κ2) is 6.61. The molecule has 0 saturated heterocycles. The quantitative estimate of drug-likeness (QED) is 0.874. The van der Waals surface area contributed by atoms with Gasteiger partial charge in [-0.1, -0.05) is 18.2 Å². The molecule has 1 amide bonds. The summed E-state index contributed by atoms with van der Waals surface area (Å²) in [4.78, 5) is 24.8. The molecule has 0 aliphatic carbocycles. The van der Waals surface area contributed by atoms with E-state index in [0.717, 1.165) is 5.56 Å². The summed E-state index contributed by atoms with van der Waals surface area (Å²) in [5.74, 6) is -0.644. The molecule has 1 rings (SSSR count). The van der Waals surface area contributed by atoms with E-state index >= 15 is 0 Å². The van der Waals surface area contributed by atoms with Gasteiger partial charge in [0.05, 0.1) is 12.5 Å². The van der Waals surface area contributed by atoms with Gasteiger partial charge in [0.2, 0.25) is 5.91 Å². The van der Waals surface area contributed by atoms with Crippen molar-refractivity contribution in [3.05, 3.63) is 29.8 Å². The number of carbonyl (C=O) groups excluding carboxylic acids is 1. The number of ether oxygens (including phenoxy) is 1. The minimum atomic E-state index is -1.25. The minimum Gasteiger partial charge on any atom is -0.491 e. The van der Waals surface area contributed by atoms with Gasteiger partial charge < -0.3 is 14.7 Å². The van der Waals surface area contributed by atoms with Gasteiger partial charge >= 0.3 is 5.97 Å². The van der Waals surface area contributed by atoms with Crippen LogP contribution in [0.3, 0.4) is 0 Å². The Balaban J connectivity index is 2.91. The summed E-state index contributed by atoms with van der Waals surface area (Å²) in [6.45, 7) is 6.84. The van der Waals surface area contributed by atoms with Gasteiger partial charge in [-0.2, -0.15) is 0 Å². The lowest BCUT2D eigenvalue weighted by atomic mass is 10.0. The fourth-order valence-corrected chi connectivity index (χ4v) is 1.76. The Hall–Kier alpha value is -2.04. The highest BCUT2D eigenvalue weighted by Gasteiger charge is 2.35. The van der Waals surface area contributed by atoms with E-state index in [1.807, 2.05) is 38.1 Å². The van der Waals surface area contributed by atoms with Crippen LogP contribution in [0.2, 0.25) is 0 Å². The van der Waals surface area contributed by atoms with Crippen LogP contribution >= 0.6 is 0 Å². The second-order valence-electron chi connectivity index (χ2n) is 5.77. The Kier molecular flexibility index (Phi) is 5.35. The number of benzene rings is 1. The van der Waals surface area contributed by atoms with Crippen molar-refractivity contribution in [3.8, 4) is 5.75 Å². The summed E-state index contributed by atoms with van der Waals surface area (Å²) in [5, 5.41) is 9.18. The Morgan fingerprint density at radius 2 is 1.86 bits per heavy atom. The largest absolute Gasteiger partial charge is 0.491 e. The van der Waals surface area contributed by atoms with Crippen LogP contribution in [0, 0.1) is 0 Å². The molecule has 0 aromatic heterocycles. The molecule has 0 aliphatic heterocycles. The second-order valence-corrected chi connectivity index (χ2v) is 5.77. The molecule has 0 unspecified atom stereocenters. The first kappa shape index (κ1) is 17.0. The number of carboxylic acids is 1. The van der Waals surface area contributed by atoms with Gasteiger partial charge in [-0.3, -0.25) is 4.79 Å². The lowest BCUT2D eigenvalue weighted by molar-refractivity contribution is -0.155. The van der Waals surface area contributed by atoms with Gasteiger partial charge in [-0.15, -0.1) is 0 Å². The van der Waals surface area contributed by atoms with Crippen molar-refractivity contribution in [2.75, 3.05) is 7.05 Å². The molecule has 21 heavy (non-hydrogen) atoms. The average molecular weight is 293 g/mol. The number of hydrogen-bond acceptors (Lipinski definition) is 3. The molecule has 0 atom stereocenters. The third-order valence-electron chi connectivity index (χ3n) is 3.41. The number of carbonyl (C=O) groups is 2. The van der Waals surface area contributed by atoms with Gasteiger partial charge in [-0.05, 0) is 33.8 Å². The highest BCUT2D eigenvalue weighted by Crippen LogP contribution is 2.22. The monoisotopic (exact) mass is 293 g/mol. The first-order chi connectivity index (χ1) is 9.66. The molecule has 1 N–H and O–H groups in total. The zero-order valence-corrected chi connectivity index (χ0v) is 13.2. The molecule has 0 bridgehead atoms. The first-order valence-electron chi connectivity index (χ1n) is 6.91. The average Bonchev–Trinajstić information content (AvgIpc) is 2.39. The molecule has 0 saturated carbocycles. The number of amides is 1. The molecule has 0 aliphatic rings. The molecule has 5 nitrogen and oxygen atoms in total. The van der Waals surface area contributed by atoms with Crippen LogP contribution in [0.5, 0.6) is 5.75 Å². The molecule has 1 aromatic rings. The number of hydrogen-bond donors (Lipinski definition) is 1. The van der Waals surface area contributed by atoms with Crippen molar-refractivity contribution in [2.45, 2.75) is 45.8 Å². The van der Waals surface area contributed by atoms with E-state index in [4.69, 9.17) is 4.74 Å². The van der Waals surface area contributed by atoms with Gasteiger partial charge in [-0.25, -0.2) is 4.79 Å². The van der Waals surface area contributed by atoms with Crippen molar-refractivity contribution >= 4 is 11.9 Å². The fraction of sp³-hybridized carbons (Fsp3) is 0.500. The van der Waals surface area contributed by atoms with Crippen LogP contribution in [0.15, 0.2) is 24.3 Å². The van der Waals surface area contributed by atoms with E-state index in [1.54, 1.807) is 0 Å². The summed E-state index contributed by atoms with van der Waals surface area (Å²) >= 11 is 0. The first-order valence-corrected chi connectivity index (χ1v) is 6.91. The summed E-state index contributed by atoms with van der Waals surface area (Å²) < 4.78 is 5.67. The predicted octanol–water partition coefficient (Wildman–Crippen LogP) is 2.34. The summed E-state index contributed by atoms with van der Waals surface area (Å²) in [6.07, 6.45) is 0.116. The molecule has 0 fully saturated rings. The summed E-state index contributed by atoms with van der Waals surface area (Å²) in [6, 6.07) is 7.30. The lowest BCUT2D eigenvalue weighted by Gasteiger charge is -2.31. The Labute approximate surface area is 125 Å². The van der Waals surface area contributed by atoms with Gasteiger partial charge in [0.1, 0.15) is 11.3 Å². The van der Waals surface area contributed by atoms with Crippen molar-refractivity contribution in [1.82, 2.24) is 4.90 Å². The maximum atomic E-state index is 12.3. The Morgan fingerprint density at radius 1 is 1.29 bits per heavy atom. The SMILES string of the molecule is CC(C)Oc1ccccc1CC(=O)N(C)C(C)(C)C(=O)O. The van der Waals surface area contributed by atoms with Gasteiger partial charge in [0.25, 0.3) is 0 Å². The van der Waals surface area contributed by atoms with Crippen LogP contribution < -0.4 is 4.74 Å². The van der Waals surface area contributed by atoms with Crippen molar-refractivity contribution in [2.24, 2.45) is 0 Å². The Morgan fingerprint density at radius 3 is 2.38 bits per heavy atom. The van der Waals surface area contributed by atoms with Gasteiger partial charge in [0.15, 0.2) is 0 Å². The maximum absolute atomic E-state index is 12.3. The standard InChI is InChI=1S/C16H23NO4/c1-11(2)21-13-9-7-6-8-12(13)10-14(18)17(5)16(3,4)15(19)20/h6-9,11H,10H2,1-5H3,(H,19,20). The predicted molar refractivity (Wildman–Crippen MR) is 80.4 cm³/mol. The van der Waals surface area contributed by atoms with Crippen molar-refractivity contribution in [1.29, 1.82) is 0 Å². The normalized spacial score (nSPS) is 11.3. The molecular weight excluding hydrogens is 270 g/mol. The number of nitrogens with zero attached hydrogens (tertiary/aromatic N) is 1. The van der Waals surface area contributed by atoms with E-state index in [1.165, 1.54) is 25.8 Å². The van der Waals surface area contributed by atoms with Crippen molar-refractivity contribution < 1.29 is 19.4 Å². The third kappa shape index (κ3) is 4.21. The zero-order valence-electron chi connectivity index (χ0n) is 13.2. The molecule has 5 heteroatoms. The van der Waals surface area contributed by atoms with Crippen LogP contribution in [0.25, 0.3) is 0 Å². The molecule has 0 spiro atoms. The van der Waals surface area contributed by atoms with E-state index < -0.39 is 11.5 Å². The fourth-order valence-electron chi connectivity index (χ4n) is 1.76. The lowest BCUT2D eigenvalue weighted by Crippen LogP contribution is -2.51. The van der Waals surface area contributed by atoms with Crippen LogP contribution in [-0.4, -0.2) is 40.6 Å². The smallest absolute Gasteiger partial charge is 0.329 e. The van der Waals surface area contributed by atoms with E-state index in [-0.39, 0.29) is 18.4 Å². The molecule has 0 radical (unpaired) electrons.